The summed E-state index contributed by atoms with van der Waals surface area (Å²) >= 11 is 0. The van der Waals surface area contributed by atoms with Crippen molar-refractivity contribution in [3.8, 4) is 0 Å². The molecule has 0 fully saturated rings. The van der Waals surface area contributed by atoms with Gasteiger partial charge < -0.3 is 4.74 Å². The summed E-state index contributed by atoms with van der Waals surface area (Å²) in [7, 11) is 1.57. The van der Waals surface area contributed by atoms with Gasteiger partial charge in [-0.25, -0.2) is 4.79 Å². The first-order valence-corrected chi connectivity index (χ1v) is 3.90. The molecule has 0 aliphatic heterocycles. The van der Waals surface area contributed by atoms with E-state index in [4.69, 9.17) is 4.74 Å². The van der Waals surface area contributed by atoms with Crippen molar-refractivity contribution in [1.29, 1.82) is 0 Å². The normalized spacial score (nSPS) is 10.2. The Kier molecular flexibility index (Phi) is 3.39. The zero-order valence-corrected chi connectivity index (χ0v) is 7.51. The van der Waals surface area contributed by atoms with Gasteiger partial charge in [0.1, 0.15) is 0 Å². The van der Waals surface area contributed by atoms with Crippen LogP contribution in [0.3, 0.4) is 0 Å². The van der Waals surface area contributed by atoms with Crippen molar-refractivity contribution in [3.05, 3.63) is 23.1 Å². The molecular formula is C7H12N4O2. The largest absolute Gasteiger partial charge is 0.383 e. The highest BCUT2D eigenvalue weighted by Gasteiger charge is 2.03. The van der Waals surface area contributed by atoms with Gasteiger partial charge in [0, 0.05) is 7.11 Å². The number of methoxy groups -OCH3 is 1. The Bertz CT molecular complexity index is 327. The highest BCUT2D eigenvalue weighted by Crippen LogP contribution is 1.77. The molecule has 0 aromatic carbocycles. The third kappa shape index (κ3) is 2.25. The molecule has 1 aromatic heterocycles. The molecule has 0 saturated carbocycles. The van der Waals surface area contributed by atoms with E-state index < -0.39 is 0 Å². The van der Waals surface area contributed by atoms with Crippen LogP contribution in [-0.4, -0.2) is 33.5 Å². The molecule has 1 rings (SSSR count). The molecule has 0 aliphatic carbocycles. The molecular weight excluding hydrogens is 172 g/mol. The maximum Gasteiger partial charge on any atom is 0.364 e. The van der Waals surface area contributed by atoms with Gasteiger partial charge in [-0.2, -0.15) is 9.36 Å². The Morgan fingerprint density at radius 2 is 2.23 bits per heavy atom. The molecule has 6 heteroatoms. The van der Waals surface area contributed by atoms with Gasteiger partial charge in [0.05, 0.1) is 19.7 Å². The van der Waals surface area contributed by atoms with E-state index in [-0.39, 0.29) is 5.69 Å². The van der Waals surface area contributed by atoms with Crippen LogP contribution in [0.5, 0.6) is 0 Å². The standard InChI is InChI=1S/C7H12N4O2/c1-3-4-10-7(12)11(9-8-10)5-6-13-2/h3H,1,4-6H2,2H3. The molecule has 13 heavy (non-hydrogen) atoms. The maximum absolute atomic E-state index is 11.4. The molecule has 0 radical (unpaired) electrons. The second kappa shape index (κ2) is 4.56. The fourth-order valence-corrected chi connectivity index (χ4v) is 0.861. The number of rotatable bonds is 5. The lowest BCUT2D eigenvalue weighted by Crippen LogP contribution is -2.26. The molecule has 1 heterocycles. The molecule has 0 amide bonds. The Labute approximate surface area is 75.4 Å². The molecule has 1 aromatic rings. The van der Waals surface area contributed by atoms with Crippen LogP contribution in [0.1, 0.15) is 0 Å². The van der Waals surface area contributed by atoms with Gasteiger partial charge in [-0.3, -0.25) is 0 Å². The quantitative estimate of drug-likeness (QED) is 0.566. The number of allylic oxidation sites excluding steroid dienone is 1. The van der Waals surface area contributed by atoms with E-state index in [0.717, 1.165) is 0 Å². The number of tetrazole rings is 1. The highest BCUT2D eigenvalue weighted by atomic mass is 16.5. The monoisotopic (exact) mass is 184 g/mol. The van der Waals surface area contributed by atoms with Crippen molar-refractivity contribution < 1.29 is 4.74 Å². The average molecular weight is 184 g/mol. The topological polar surface area (TPSA) is 61.9 Å². The molecule has 0 unspecified atom stereocenters. The Morgan fingerprint density at radius 3 is 2.85 bits per heavy atom. The predicted octanol–water partition coefficient (Wildman–Crippen LogP) is -0.728. The van der Waals surface area contributed by atoms with Gasteiger partial charge in [-0.05, 0) is 10.4 Å². The van der Waals surface area contributed by atoms with Crippen LogP contribution >= 0.6 is 0 Å². The Balaban J connectivity index is 2.74. The molecule has 0 bridgehead atoms. The summed E-state index contributed by atoms with van der Waals surface area (Å²) < 4.78 is 7.31. The summed E-state index contributed by atoms with van der Waals surface area (Å²) in [6.45, 7) is 4.76. The van der Waals surface area contributed by atoms with Crippen LogP contribution in [0.2, 0.25) is 0 Å². The minimum Gasteiger partial charge on any atom is -0.383 e. The van der Waals surface area contributed by atoms with E-state index in [1.807, 2.05) is 0 Å². The van der Waals surface area contributed by atoms with Gasteiger partial charge in [-0.15, -0.1) is 6.58 Å². The van der Waals surface area contributed by atoms with Crippen LogP contribution < -0.4 is 5.69 Å². The van der Waals surface area contributed by atoms with Gasteiger partial charge in [-0.1, -0.05) is 6.08 Å². The van der Waals surface area contributed by atoms with Crippen molar-refractivity contribution >= 4 is 0 Å². The van der Waals surface area contributed by atoms with Crippen LogP contribution in [0, 0.1) is 0 Å². The number of ether oxygens (including phenoxy) is 1. The third-order valence-corrected chi connectivity index (χ3v) is 1.51. The molecule has 0 spiro atoms. The summed E-state index contributed by atoms with van der Waals surface area (Å²) in [5, 5.41) is 7.31. The zero-order chi connectivity index (χ0) is 9.68. The molecule has 72 valence electrons. The molecule has 0 aliphatic rings. The lowest BCUT2D eigenvalue weighted by atomic mass is 10.6. The minimum absolute atomic E-state index is 0.239. The second-order valence-corrected chi connectivity index (χ2v) is 2.45. The molecule has 0 saturated heterocycles. The second-order valence-electron chi connectivity index (χ2n) is 2.45. The first-order chi connectivity index (χ1) is 6.29. The molecule has 6 nitrogen and oxygen atoms in total. The van der Waals surface area contributed by atoms with E-state index in [9.17, 15) is 4.79 Å². The first kappa shape index (κ1) is 9.66. The number of hydrogen-bond acceptors (Lipinski definition) is 4. The minimum atomic E-state index is -0.239. The van der Waals surface area contributed by atoms with E-state index in [2.05, 4.69) is 17.0 Å². The lowest BCUT2D eigenvalue weighted by molar-refractivity contribution is 0.181. The number of nitrogens with zero attached hydrogens (tertiary/aromatic N) is 4. The lowest BCUT2D eigenvalue weighted by Gasteiger charge is -1.95. The van der Waals surface area contributed by atoms with Crippen molar-refractivity contribution in [2.24, 2.45) is 0 Å². The van der Waals surface area contributed by atoms with E-state index in [0.29, 0.717) is 19.7 Å². The maximum atomic E-state index is 11.4. The van der Waals surface area contributed by atoms with Crippen LogP contribution in [0.25, 0.3) is 0 Å². The fourth-order valence-electron chi connectivity index (χ4n) is 0.861. The summed E-state index contributed by atoms with van der Waals surface area (Å²) in [5.74, 6) is 0. The van der Waals surface area contributed by atoms with Crippen molar-refractivity contribution in [2.75, 3.05) is 13.7 Å². The van der Waals surface area contributed by atoms with Crippen LogP contribution in [0.15, 0.2) is 17.4 Å². The van der Waals surface area contributed by atoms with Crippen molar-refractivity contribution in [3.63, 3.8) is 0 Å². The van der Waals surface area contributed by atoms with Crippen molar-refractivity contribution in [1.82, 2.24) is 19.8 Å². The average Bonchev–Trinajstić information content (AvgIpc) is 2.46. The predicted molar refractivity (Wildman–Crippen MR) is 46.4 cm³/mol. The van der Waals surface area contributed by atoms with Gasteiger partial charge >= 0.3 is 5.69 Å². The Hall–Kier alpha value is -1.43. The van der Waals surface area contributed by atoms with E-state index >= 15 is 0 Å². The van der Waals surface area contributed by atoms with Gasteiger partial charge in [0.25, 0.3) is 0 Å². The Morgan fingerprint density at radius 1 is 1.54 bits per heavy atom. The van der Waals surface area contributed by atoms with E-state index in [1.54, 1.807) is 13.2 Å². The smallest absolute Gasteiger partial charge is 0.364 e. The fraction of sp³-hybridized carbons (Fsp3) is 0.571. The third-order valence-electron chi connectivity index (χ3n) is 1.51. The van der Waals surface area contributed by atoms with E-state index in [1.165, 1.54) is 9.36 Å². The summed E-state index contributed by atoms with van der Waals surface area (Å²) in [6, 6.07) is 0. The molecule has 0 N–H and O–H groups in total. The van der Waals surface area contributed by atoms with Crippen molar-refractivity contribution in [2.45, 2.75) is 13.1 Å². The van der Waals surface area contributed by atoms with Crippen LogP contribution in [0.4, 0.5) is 0 Å². The molecule has 0 atom stereocenters. The first-order valence-electron chi connectivity index (χ1n) is 3.90. The zero-order valence-electron chi connectivity index (χ0n) is 7.51. The number of aromatic nitrogens is 4. The van der Waals surface area contributed by atoms with Gasteiger partial charge in [0.15, 0.2) is 0 Å². The van der Waals surface area contributed by atoms with Gasteiger partial charge in [0.2, 0.25) is 0 Å². The summed E-state index contributed by atoms with van der Waals surface area (Å²) in [5.41, 5.74) is -0.239. The highest BCUT2D eigenvalue weighted by molar-refractivity contribution is 4.68. The summed E-state index contributed by atoms with van der Waals surface area (Å²) in [4.78, 5) is 11.4. The van der Waals surface area contributed by atoms with Crippen LogP contribution in [-0.2, 0) is 17.8 Å². The SMILES string of the molecule is C=CCn1nnn(CCOC)c1=O. The summed E-state index contributed by atoms with van der Waals surface area (Å²) in [6.07, 6.45) is 1.59. The number of hydrogen-bond donors (Lipinski definition) is 0.